The Balaban J connectivity index is 2.13. The summed E-state index contributed by atoms with van der Waals surface area (Å²) in [5.74, 6) is 0. The molecule has 3 rings (SSSR count). The van der Waals surface area contributed by atoms with Crippen molar-refractivity contribution in [2.75, 3.05) is 0 Å². The molecule has 0 aliphatic heterocycles. The van der Waals surface area contributed by atoms with Crippen molar-refractivity contribution >= 4 is 44.9 Å². The first kappa shape index (κ1) is 17.6. The zero-order valence-electron chi connectivity index (χ0n) is 13.6. The van der Waals surface area contributed by atoms with Gasteiger partial charge < -0.3 is 0 Å². The third-order valence-electron chi connectivity index (χ3n) is 3.83. The number of benzene rings is 3. The molecular weight excluding hydrogens is 356 g/mol. The Morgan fingerprint density at radius 3 is 2.40 bits per heavy atom. The van der Waals surface area contributed by atoms with Gasteiger partial charge in [0, 0.05) is 10.3 Å². The highest BCUT2D eigenvalue weighted by Crippen LogP contribution is 2.32. The van der Waals surface area contributed by atoms with Crippen LogP contribution in [0.15, 0.2) is 68.6 Å². The fraction of sp³-hybridized carbons (Fsp3) is 0.111. The Hall–Kier alpha value is -2.22. The van der Waals surface area contributed by atoms with E-state index in [1.165, 1.54) is 6.07 Å². The summed E-state index contributed by atoms with van der Waals surface area (Å²) in [6, 6.07) is 13.8. The standard InChI is InChI=1S/C18H16N2O3S2/c1-11-6-7-16(17(24)8-11)20-19-13-9-12(2)14-4-3-5-18(15(14)10-13)25(21,22)23/h3-10,24H,1-2H3,(H,21,22,23). The Bertz CT molecular complexity index is 1110. The Morgan fingerprint density at radius 1 is 0.960 bits per heavy atom. The molecule has 25 heavy (non-hydrogen) atoms. The summed E-state index contributed by atoms with van der Waals surface area (Å²) in [7, 11) is -4.33. The topological polar surface area (TPSA) is 79.1 Å². The fourth-order valence-electron chi connectivity index (χ4n) is 2.64. The molecular formula is C18H16N2O3S2. The number of azo groups is 1. The number of fused-ring (bicyclic) bond motifs is 1. The molecule has 0 spiro atoms. The molecule has 3 aromatic carbocycles. The summed E-state index contributed by atoms with van der Waals surface area (Å²) in [4.78, 5) is 0.565. The average Bonchev–Trinajstić information content (AvgIpc) is 2.52. The molecule has 0 aromatic heterocycles. The van der Waals surface area contributed by atoms with Gasteiger partial charge in [0.25, 0.3) is 10.1 Å². The molecule has 0 unspecified atom stereocenters. The second-order valence-electron chi connectivity index (χ2n) is 5.78. The summed E-state index contributed by atoms with van der Waals surface area (Å²) in [5, 5.41) is 9.54. The van der Waals surface area contributed by atoms with E-state index in [4.69, 9.17) is 0 Å². The van der Waals surface area contributed by atoms with Crippen molar-refractivity contribution in [3.05, 3.63) is 59.7 Å². The van der Waals surface area contributed by atoms with Gasteiger partial charge in [0.2, 0.25) is 0 Å². The number of rotatable bonds is 3. The van der Waals surface area contributed by atoms with Gasteiger partial charge in [-0.25, -0.2) is 0 Å². The number of thiol groups is 1. The van der Waals surface area contributed by atoms with E-state index in [1.54, 1.807) is 18.2 Å². The number of hydrogen-bond donors (Lipinski definition) is 2. The molecule has 0 amide bonds. The molecule has 0 atom stereocenters. The SMILES string of the molecule is Cc1ccc(N=Nc2cc(C)c3cccc(S(=O)(=O)O)c3c2)c(S)c1. The van der Waals surface area contributed by atoms with E-state index in [-0.39, 0.29) is 4.90 Å². The lowest BCUT2D eigenvalue weighted by Gasteiger charge is -2.07. The zero-order valence-corrected chi connectivity index (χ0v) is 15.3. The summed E-state index contributed by atoms with van der Waals surface area (Å²) in [5.41, 5.74) is 3.03. The molecule has 128 valence electrons. The van der Waals surface area contributed by atoms with Gasteiger partial charge in [0.05, 0.1) is 11.4 Å². The largest absolute Gasteiger partial charge is 0.295 e. The molecule has 3 aromatic rings. The summed E-state index contributed by atoms with van der Waals surface area (Å²) in [6.07, 6.45) is 0. The minimum atomic E-state index is -4.33. The van der Waals surface area contributed by atoms with Gasteiger partial charge >= 0.3 is 0 Å². The highest BCUT2D eigenvalue weighted by molar-refractivity contribution is 7.86. The van der Waals surface area contributed by atoms with Crippen LogP contribution in [-0.2, 0) is 10.1 Å². The van der Waals surface area contributed by atoms with Crippen LogP contribution in [0, 0.1) is 13.8 Å². The van der Waals surface area contributed by atoms with E-state index >= 15 is 0 Å². The van der Waals surface area contributed by atoms with Crippen molar-refractivity contribution in [3.63, 3.8) is 0 Å². The van der Waals surface area contributed by atoms with Crippen molar-refractivity contribution in [1.82, 2.24) is 0 Å². The van der Waals surface area contributed by atoms with Crippen LogP contribution in [0.5, 0.6) is 0 Å². The molecule has 1 N–H and O–H groups in total. The first-order chi connectivity index (χ1) is 11.8. The van der Waals surface area contributed by atoms with E-state index in [1.807, 2.05) is 38.1 Å². The predicted molar refractivity (Wildman–Crippen MR) is 101 cm³/mol. The van der Waals surface area contributed by atoms with Crippen LogP contribution in [0.3, 0.4) is 0 Å². The van der Waals surface area contributed by atoms with Crippen LogP contribution in [-0.4, -0.2) is 13.0 Å². The van der Waals surface area contributed by atoms with Crippen molar-refractivity contribution in [2.45, 2.75) is 23.6 Å². The van der Waals surface area contributed by atoms with Crippen LogP contribution >= 0.6 is 12.6 Å². The van der Waals surface area contributed by atoms with Crippen LogP contribution in [0.4, 0.5) is 11.4 Å². The quantitative estimate of drug-likeness (QED) is 0.367. The van der Waals surface area contributed by atoms with Gasteiger partial charge in [0.1, 0.15) is 4.90 Å². The molecule has 5 nitrogen and oxygen atoms in total. The van der Waals surface area contributed by atoms with E-state index in [2.05, 4.69) is 22.9 Å². The number of hydrogen-bond acceptors (Lipinski definition) is 5. The minimum Gasteiger partial charge on any atom is -0.282 e. The molecule has 7 heteroatoms. The van der Waals surface area contributed by atoms with Gasteiger partial charge in [0.15, 0.2) is 0 Å². The number of aryl methyl sites for hydroxylation is 2. The molecule has 0 saturated carbocycles. The third-order valence-corrected chi connectivity index (χ3v) is 5.10. The van der Waals surface area contributed by atoms with Crippen molar-refractivity contribution < 1.29 is 13.0 Å². The molecule has 0 aliphatic rings. The van der Waals surface area contributed by atoms with Gasteiger partial charge in [-0.1, -0.05) is 18.2 Å². The maximum Gasteiger partial charge on any atom is 0.295 e. The lowest BCUT2D eigenvalue weighted by atomic mass is 10.0. The van der Waals surface area contributed by atoms with Gasteiger partial charge in [-0.2, -0.15) is 13.5 Å². The first-order valence-corrected chi connectivity index (χ1v) is 9.36. The molecule has 0 aliphatic carbocycles. The van der Waals surface area contributed by atoms with Crippen molar-refractivity contribution in [3.8, 4) is 0 Å². The Kier molecular flexibility index (Phi) is 4.64. The van der Waals surface area contributed by atoms with E-state index in [0.717, 1.165) is 16.5 Å². The fourth-order valence-corrected chi connectivity index (χ4v) is 3.66. The zero-order chi connectivity index (χ0) is 18.2. The van der Waals surface area contributed by atoms with Crippen LogP contribution in [0.25, 0.3) is 10.8 Å². The van der Waals surface area contributed by atoms with Crippen LogP contribution in [0.1, 0.15) is 11.1 Å². The summed E-state index contributed by atoms with van der Waals surface area (Å²) in [6.45, 7) is 3.81. The Labute approximate surface area is 151 Å². The summed E-state index contributed by atoms with van der Waals surface area (Å²) >= 11 is 4.38. The Morgan fingerprint density at radius 2 is 1.72 bits per heavy atom. The van der Waals surface area contributed by atoms with Crippen LogP contribution < -0.4 is 0 Å². The lowest BCUT2D eigenvalue weighted by Crippen LogP contribution is -1.99. The predicted octanol–water partition coefficient (Wildman–Crippen LogP) is 5.41. The van der Waals surface area contributed by atoms with Gasteiger partial charge in [-0.05, 0) is 60.7 Å². The number of nitrogens with zero attached hydrogens (tertiary/aromatic N) is 2. The average molecular weight is 372 g/mol. The van der Waals surface area contributed by atoms with Gasteiger partial charge in [-0.15, -0.1) is 17.7 Å². The lowest BCUT2D eigenvalue weighted by molar-refractivity contribution is 0.484. The van der Waals surface area contributed by atoms with Crippen molar-refractivity contribution in [1.29, 1.82) is 0 Å². The summed E-state index contributed by atoms with van der Waals surface area (Å²) < 4.78 is 32.7. The highest BCUT2D eigenvalue weighted by atomic mass is 32.2. The first-order valence-electron chi connectivity index (χ1n) is 7.48. The van der Waals surface area contributed by atoms with E-state index < -0.39 is 10.1 Å². The van der Waals surface area contributed by atoms with Gasteiger partial charge in [-0.3, -0.25) is 4.55 Å². The maximum absolute atomic E-state index is 11.6. The van der Waals surface area contributed by atoms with E-state index in [9.17, 15) is 13.0 Å². The second kappa shape index (κ2) is 6.59. The molecule has 0 heterocycles. The van der Waals surface area contributed by atoms with E-state index in [0.29, 0.717) is 21.7 Å². The van der Waals surface area contributed by atoms with Crippen molar-refractivity contribution in [2.24, 2.45) is 10.2 Å². The minimum absolute atomic E-state index is 0.143. The van der Waals surface area contributed by atoms with Crippen LogP contribution in [0.2, 0.25) is 0 Å². The maximum atomic E-state index is 11.6. The third kappa shape index (κ3) is 3.73. The molecule has 0 bridgehead atoms. The second-order valence-corrected chi connectivity index (χ2v) is 7.65. The normalized spacial score (nSPS) is 12.2. The smallest absolute Gasteiger partial charge is 0.282 e. The monoisotopic (exact) mass is 372 g/mol. The molecule has 0 fully saturated rings. The highest BCUT2D eigenvalue weighted by Gasteiger charge is 2.15. The molecule has 0 radical (unpaired) electrons. The molecule has 0 saturated heterocycles.